The Labute approximate surface area is 122 Å². The van der Waals surface area contributed by atoms with Crippen LogP contribution in [0.15, 0.2) is 35.8 Å². The minimum absolute atomic E-state index is 0.0287. The van der Waals surface area contributed by atoms with Crippen molar-refractivity contribution in [3.63, 3.8) is 0 Å². The lowest BCUT2D eigenvalue weighted by molar-refractivity contribution is 0.0601. The number of carbonyl (C=O) groups excluding carboxylic acids is 1. The molecular formula is C15H18N2O2S. The monoisotopic (exact) mass is 290 g/mol. The van der Waals surface area contributed by atoms with Crippen molar-refractivity contribution in [1.82, 2.24) is 4.98 Å². The molecule has 0 unspecified atom stereocenters. The van der Waals surface area contributed by atoms with Crippen LogP contribution in [0.1, 0.15) is 29.1 Å². The number of esters is 1. The van der Waals surface area contributed by atoms with Gasteiger partial charge in [0.25, 0.3) is 0 Å². The second kappa shape index (κ2) is 6.05. The molecule has 0 bridgehead atoms. The van der Waals surface area contributed by atoms with Gasteiger partial charge in [-0.25, -0.2) is 9.78 Å². The molecule has 4 nitrogen and oxygen atoms in total. The largest absolute Gasteiger partial charge is 0.465 e. The van der Waals surface area contributed by atoms with Crippen LogP contribution in [0.4, 0.5) is 5.82 Å². The van der Waals surface area contributed by atoms with Crippen LogP contribution < -0.4 is 5.32 Å². The molecule has 1 N–H and O–H groups in total. The Hall–Kier alpha value is -1.88. The molecule has 20 heavy (non-hydrogen) atoms. The summed E-state index contributed by atoms with van der Waals surface area (Å²) in [6.45, 7) is 5.01. The van der Waals surface area contributed by atoms with E-state index in [9.17, 15) is 4.79 Å². The van der Waals surface area contributed by atoms with E-state index in [0.29, 0.717) is 17.9 Å². The first kappa shape index (κ1) is 14.5. The number of methoxy groups -OCH3 is 1. The van der Waals surface area contributed by atoms with Gasteiger partial charge in [-0.05, 0) is 23.6 Å². The van der Waals surface area contributed by atoms with Gasteiger partial charge in [-0.1, -0.05) is 19.9 Å². The summed E-state index contributed by atoms with van der Waals surface area (Å²) in [5.41, 5.74) is 0.427. The maximum Gasteiger partial charge on any atom is 0.341 e. The fraction of sp³-hybridized carbons (Fsp3) is 0.333. The zero-order chi connectivity index (χ0) is 14.6. The maximum atomic E-state index is 11.7. The van der Waals surface area contributed by atoms with Gasteiger partial charge in [0, 0.05) is 23.0 Å². The molecule has 0 radical (unpaired) electrons. The van der Waals surface area contributed by atoms with Crippen molar-refractivity contribution in [2.45, 2.75) is 19.3 Å². The van der Waals surface area contributed by atoms with E-state index in [4.69, 9.17) is 4.74 Å². The number of ether oxygens (including phenoxy) is 1. The van der Waals surface area contributed by atoms with Crippen molar-refractivity contribution in [2.75, 3.05) is 19.0 Å². The highest BCUT2D eigenvalue weighted by atomic mass is 32.1. The number of aromatic nitrogens is 1. The third kappa shape index (κ3) is 3.17. The predicted octanol–water partition coefficient (Wildman–Crippen LogP) is 3.32. The number of carbonyl (C=O) groups is 1. The van der Waals surface area contributed by atoms with Crippen molar-refractivity contribution in [3.05, 3.63) is 46.3 Å². The summed E-state index contributed by atoms with van der Waals surface area (Å²) in [5.74, 6) is 0.179. The highest BCUT2D eigenvalue weighted by Crippen LogP contribution is 2.28. The zero-order valence-electron chi connectivity index (χ0n) is 11.8. The minimum Gasteiger partial charge on any atom is -0.465 e. The third-order valence-corrected chi connectivity index (χ3v) is 4.33. The fourth-order valence-electron chi connectivity index (χ4n) is 1.88. The first-order chi connectivity index (χ1) is 9.54. The Bertz CT molecular complexity index is 579. The van der Waals surface area contributed by atoms with E-state index >= 15 is 0 Å². The lowest BCUT2D eigenvalue weighted by Crippen LogP contribution is -2.27. The summed E-state index contributed by atoms with van der Waals surface area (Å²) in [7, 11) is 1.37. The van der Waals surface area contributed by atoms with Crippen molar-refractivity contribution in [1.29, 1.82) is 0 Å². The topological polar surface area (TPSA) is 51.2 Å². The zero-order valence-corrected chi connectivity index (χ0v) is 12.7. The second-order valence-corrected chi connectivity index (χ2v) is 6.05. The van der Waals surface area contributed by atoms with Crippen molar-refractivity contribution >= 4 is 23.1 Å². The van der Waals surface area contributed by atoms with E-state index in [1.54, 1.807) is 29.7 Å². The molecule has 2 aromatic heterocycles. The molecule has 0 spiro atoms. The lowest BCUT2D eigenvalue weighted by Gasteiger charge is -2.24. The smallest absolute Gasteiger partial charge is 0.341 e. The van der Waals surface area contributed by atoms with Crippen LogP contribution in [0.2, 0.25) is 0 Å². The Balaban J connectivity index is 2.13. The summed E-state index contributed by atoms with van der Waals surface area (Å²) < 4.78 is 4.76. The van der Waals surface area contributed by atoms with Gasteiger partial charge in [0.05, 0.1) is 7.11 Å². The Morgan fingerprint density at radius 1 is 1.40 bits per heavy atom. The van der Waals surface area contributed by atoms with Gasteiger partial charge in [-0.3, -0.25) is 0 Å². The molecule has 0 fully saturated rings. The number of hydrogen-bond acceptors (Lipinski definition) is 5. The van der Waals surface area contributed by atoms with E-state index in [1.807, 2.05) is 6.07 Å². The van der Waals surface area contributed by atoms with Gasteiger partial charge in [-0.15, -0.1) is 11.3 Å². The molecule has 106 valence electrons. The quantitative estimate of drug-likeness (QED) is 0.858. The van der Waals surface area contributed by atoms with Gasteiger partial charge in [-0.2, -0.15) is 0 Å². The molecule has 0 atom stereocenters. The second-order valence-electron chi connectivity index (χ2n) is 5.11. The molecule has 0 aliphatic rings. The van der Waals surface area contributed by atoms with Crippen LogP contribution in [0.3, 0.4) is 0 Å². The summed E-state index contributed by atoms with van der Waals surface area (Å²) in [6, 6.07) is 7.59. The molecule has 2 rings (SSSR count). The number of nitrogens with zero attached hydrogens (tertiary/aromatic N) is 1. The average molecular weight is 290 g/mol. The number of nitrogens with one attached hydrogen (secondary N) is 1. The van der Waals surface area contributed by atoms with Crippen LogP contribution in [-0.4, -0.2) is 24.6 Å². The van der Waals surface area contributed by atoms with Gasteiger partial charge >= 0.3 is 5.97 Å². The fourth-order valence-corrected chi connectivity index (χ4v) is 2.73. The predicted molar refractivity (Wildman–Crippen MR) is 81.4 cm³/mol. The molecule has 0 aliphatic heterocycles. The molecule has 2 heterocycles. The molecular weight excluding hydrogens is 272 g/mol. The molecule has 2 aromatic rings. The van der Waals surface area contributed by atoms with Gasteiger partial charge < -0.3 is 10.1 Å². The van der Waals surface area contributed by atoms with E-state index in [1.165, 1.54) is 12.0 Å². The standard InChI is InChI=1S/C15H18N2O2S/c1-15(2,12-7-5-9-20-12)10-17-13-11(14(18)19-3)6-4-8-16-13/h4-9H,10H2,1-3H3,(H,16,17). The van der Waals surface area contributed by atoms with Crippen LogP contribution in [0.25, 0.3) is 0 Å². The van der Waals surface area contributed by atoms with E-state index in [-0.39, 0.29) is 11.4 Å². The third-order valence-electron chi connectivity index (χ3n) is 3.10. The lowest BCUT2D eigenvalue weighted by atomic mass is 9.91. The Morgan fingerprint density at radius 2 is 2.20 bits per heavy atom. The van der Waals surface area contributed by atoms with Crippen molar-refractivity contribution < 1.29 is 9.53 Å². The first-order valence-corrected chi connectivity index (χ1v) is 7.24. The average Bonchev–Trinajstić information content (AvgIpc) is 3.00. The Kier molecular flexibility index (Phi) is 4.39. The maximum absolute atomic E-state index is 11.7. The van der Waals surface area contributed by atoms with Crippen molar-refractivity contribution in [2.24, 2.45) is 0 Å². The summed E-state index contributed by atoms with van der Waals surface area (Å²) >= 11 is 1.73. The number of thiophene rings is 1. The highest BCUT2D eigenvalue weighted by molar-refractivity contribution is 7.10. The number of hydrogen-bond donors (Lipinski definition) is 1. The summed E-state index contributed by atoms with van der Waals surface area (Å²) in [5, 5.41) is 5.32. The minimum atomic E-state index is -0.380. The number of rotatable bonds is 5. The van der Waals surface area contributed by atoms with Crippen LogP contribution in [0.5, 0.6) is 0 Å². The number of anilines is 1. The molecule has 5 heteroatoms. The van der Waals surface area contributed by atoms with Gasteiger partial charge in [0.2, 0.25) is 0 Å². The van der Waals surface area contributed by atoms with E-state index < -0.39 is 0 Å². The van der Waals surface area contributed by atoms with Gasteiger partial charge in [0.15, 0.2) is 0 Å². The van der Waals surface area contributed by atoms with Crippen LogP contribution in [-0.2, 0) is 10.2 Å². The normalized spacial score (nSPS) is 11.2. The highest BCUT2D eigenvalue weighted by Gasteiger charge is 2.22. The van der Waals surface area contributed by atoms with E-state index in [2.05, 4.69) is 35.6 Å². The first-order valence-electron chi connectivity index (χ1n) is 6.36. The van der Waals surface area contributed by atoms with Gasteiger partial charge in [0.1, 0.15) is 11.4 Å². The Morgan fingerprint density at radius 3 is 2.85 bits per heavy atom. The molecule has 0 saturated heterocycles. The molecule has 0 aromatic carbocycles. The SMILES string of the molecule is COC(=O)c1cccnc1NCC(C)(C)c1cccs1. The van der Waals surface area contributed by atoms with Crippen LogP contribution >= 0.6 is 11.3 Å². The van der Waals surface area contributed by atoms with Crippen molar-refractivity contribution in [3.8, 4) is 0 Å². The summed E-state index contributed by atoms with van der Waals surface area (Å²) in [6.07, 6.45) is 1.66. The van der Waals surface area contributed by atoms with E-state index in [0.717, 1.165) is 0 Å². The molecule has 0 aliphatic carbocycles. The number of pyridine rings is 1. The summed E-state index contributed by atoms with van der Waals surface area (Å²) in [4.78, 5) is 17.2. The molecule has 0 amide bonds. The molecule has 0 saturated carbocycles. The van der Waals surface area contributed by atoms with Crippen LogP contribution in [0, 0.1) is 0 Å².